The Labute approximate surface area is 57.7 Å². The van der Waals surface area contributed by atoms with Crippen molar-refractivity contribution < 1.29 is 0 Å². The zero-order chi connectivity index (χ0) is 7.44. The van der Waals surface area contributed by atoms with E-state index >= 15 is 0 Å². The summed E-state index contributed by atoms with van der Waals surface area (Å²) in [6.45, 7) is 7.97. The molecule has 0 fully saturated rings. The highest BCUT2D eigenvalue weighted by molar-refractivity contribution is 5.16. The first-order chi connectivity index (χ1) is 4.04. The largest absolute Gasteiger partial charge is 0.378 e. The lowest BCUT2D eigenvalue weighted by molar-refractivity contribution is 0.531. The summed E-state index contributed by atoms with van der Waals surface area (Å²) in [6, 6.07) is 0. The summed E-state index contributed by atoms with van der Waals surface area (Å²) in [4.78, 5) is 1.99. The van der Waals surface area contributed by atoms with Gasteiger partial charge in [-0.1, -0.05) is 12.2 Å². The van der Waals surface area contributed by atoms with Gasteiger partial charge in [-0.15, -0.1) is 0 Å². The number of hydrogen-bond donors (Lipinski definition) is 0. The van der Waals surface area contributed by atoms with Crippen LogP contribution in [0.25, 0.3) is 0 Å². The Morgan fingerprint density at radius 3 is 1.89 bits per heavy atom. The van der Waals surface area contributed by atoms with Crippen LogP contribution < -0.4 is 0 Å². The Balaban J connectivity index is 3.93. The molecule has 52 valence electrons. The first-order valence-electron chi connectivity index (χ1n) is 3.05. The highest BCUT2D eigenvalue weighted by Gasteiger charge is 1.88. The Bertz CT molecular complexity index is 128. The maximum atomic E-state index is 3.84. The van der Waals surface area contributed by atoms with Crippen LogP contribution in [0.5, 0.6) is 0 Å². The quantitative estimate of drug-likeness (QED) is 0.510. The van der Waals surface area contributed by atoms with Crippen LogP contribution in [0.2, 0.25) is 0 Å². The summed E-state index contributed by atoms with van der Waals surface area (Å²) in [5, 5.41) is 0. The van der Waals surface area contributed by atoms with Gasteiger partial charge in [0.25, 0.3) is 0 Å². The summed E-state index contributed by atoms with van der Waals surface area (Å²) in [5.41, 5.74) is 2.34. The maximum Gasteiger partial charge on any atom is 0.0287 e. The van der Waals surface area contributed by atoms with Crippen molar-refractivity contribution in [3.05, 3.63) is 23.9 Å². The van der Waals surface area contributed by atoms with E-state index in [4.69, 9.17) is 0 Å². The van der Waals surface area contributed by atoms with Gasteiger partial charge in [-0.3, -0.25) is 0 Å². The molecular weight excluding hydrogens is 110 g/mol. The Hall–Kier alpha value is -0.720. The third-order valence-electron chi connectivity index (χ3n) is 1.03. The van der Waals surface area contributed by atoms with Gasteiger partial charge >= 0.3 is 0 Å². The van der Waals surface area contributed by atoms with Crippen molar-refractivity contribution >= 4 is 0 Å². The van der Waals surface area contributed by atoms with Gasteiger partial charge in [0.1, 0.15) is 0 Å². The van der Waals surface area contributed by atoms with Crippen LogP contribution in [0.1, 0.15) is 13.8 Å². The number of rotatable bonds is 2. The Morgan fingerprint density at radius 1 is 1.33 bits per heavy atom. The smallest absolute Gasteiger partial charge is 0.0287 e. The van der Waals surface area contributed by atoms with Crippen LogP contribution >= 0.6 is 0 Å². The summed E-state index contributed by atoms with van der Waals surface area (Å²) < 4.78 is 0. The van der Waals surface area contributed by atoms with Gasteiger partial charge < -0.3 is 4.90 Å². The van der Waals surface area contributed by atoms with Crippen molar-refractivity contribution in [1.29, 1.82) is 0 Å². The average Bonchev–Trinajstić information content (AvgIpc) is 1.63. The van der Waals surface area contributed by atoms with Crippen molar-refractivity contribution in [3.63, 3.8) is 0 Å². The van der Waals surface area contributed by atoms with Crippen molar-refractivity contribution in [2.75, 3.05) is 14.1 Å². The van der Waals surface area contributed by atoms with Crippen molar-refractivity contribution in [2.45, 2.75) is 13.8 Å². The van der Waals surface area contributed by atoms with Crippen LogP contribution in [0.3, 0.4) is 0 Å². The van der Waals surface area contributed by atoms with E-state index in [1.165, 1.54) is 5.57 Å². The van der Waals surface area contributed by atoms with Crippen molar-refractivity contribution in [1.82, 2.24) is 4.90 Å². The van der Waals surface area contributed by atoms with E-state index < -0.39 is 0 Å². The Morgan fingerprint density at radius 2 is 1.78 bits per heavy atom. The van der Waals surface area contributed by atoms with Crippen LogP contribution in [0.4, 0.5) is 0 Å². The summed E-state index contributed by atoms with van der Waals surface area (Å²) in [7, 11) is 3.98. The molecule has 0 spiro atoms. The van der Waals surface area contributed by atoms with Crippen molar-refractivity contribution in [2.24, 2.45) is 0 Å². The molecule has 0 saturated carbocycles. The zero-order valence-electron chi connectivity index (χ0n) is 6.73. The van der Waals surface area contributed by atoms with Gasteiger partial charge in [-0.05, 0) is 19.9 Å². The normalized spacial score (nSPS) is 8.44. The average molecular weight is 125 g/mol. The highest BCUT2D eigenvalue weighted by Crippen LogP contribution is 2.00. The molecule has 0 unspecified atom stereocenters. The first kappa shape index (κ1) is 8.28. The number of nitrogens with zero attached hydrogens (tertiary/aromatic N) is 1. The number of likely N-dealkylation sites (N-methyl/N-ethyl adjacent to an activating group) is 1. The molecule has 0 aliphatic heterocycles. The molecular formula is C8H15N. The fraction of sp³-hybridized carbons (Fsp3) is 0.500. The van der Waals surface area contributed by atoms with Gasteiger partial charge in [-0.25, -0.2) is 0 Å². The predicted molar refractivity (Wildman–Crippen MR) is 42.3 cm³/mol. The van der Waals surface area contributed by atoms with E-state index in [-0.39, 0.29) is 0 Å². The lowest BCUT2D eigenvalue weighted by atomic mass is 10.3. The molecule has 9 heavy (non-hydrogen) atoms. The second-order valence-corrected chi connectivity index (χ2v) is 2.61. The van der Waals surface area contributed by atoms with E-state index in [2.05, 4.69) is 26.5 Å². The summed E-state index contributed by atoms with van der Waals surface area (Å²) in [6.07, 6.45) is 2.06. The molecule has 0 saturated heterocycles. The van der Waals surface area contributed by atoms with Gasteiger partial charge in [-0.2, -0.15) is 0 Å². The SMILES string of the molecule is C=C(C=C(C)C)N(C)C. The van der Waals surface area contributed by atoms with Crippen molar-refractivity contribution in [3.8, 4) is 0 Å². The summed E-state index contributed by atoms with van der Waals surface area (Å²) >= 11 is 0. The highest BCUT2D eigenvalue weighted by atomic mass is 15.1. The van der Waals surface area contributed by atoms with E-state index in [1.807, 2.05) is 19.0 Å². The first-order valence-corrected chi connectivity index (χ1v) is 3.05. The van der Waals surface area contributed by atoms with Gasteiger partial charge in [0.15, 0.2) is 0 Å². The van der Waals surface area contributed by atoms with Gasteiger partial charge in [0.2, 0.25) is 0 Å². The molecule has 0 bridgehead atoms. The van der Waals surface area contributed by atoms with Crippen LogP contribution in [0.15, 0.2) is 23.9 Å². The lowest BCUT2D eigenvalue weighted by Gasteiger charge is -2.11. The molecule has 0 heterocycles. The molecule has 0 aromatic rings. The molecule has 0 atom stereocenters. The Kier molecular flexibility index (Phi) is 3.07. The monoisotopic (exact) mass is 125 g/mol. The molecule has 0 aliphatic rings. The lowest BCUT2D eigenvalue weighted by Crippen LogP contribution is -2.07. The molecule has 0 aliphatic carbocycles. The minimum absolute atomic E-state index is 1.05. The van der Waals surface area contributed by atoms with Gasteiger partial charge in [0, 0.05) is 19.8 Å². The zero-order valence-corrected chi connectivity index (χ0v) is 6.73. The third-order valence-corrected chi connectivity index (χ3v) is 1.03. The number of hydrogen-bond acceptors (Lipinski definition) is 1. The fourth-order valence-corrected chi connectivity index (χ4v) is 0.462. The van der Waals surface area contributed by atoms with E-state index in [1.54, 1.807) is 0 Å². The third kappa shape index (κ3) is 3.83. The van der Waals surface area contributed by atoms with Gasteiger partial charge in [0.05, 0.1) is 0 Å². The molecule has 0 amide bonds. The summed E-state index contributed by atoms with van der Waals surface area (Å²) in [5.74, 6) is 0. The van der Waals surface area contributed by atoms with E-state index in [9.17, 15) is 0 Å². The predicted octanol–water partition coefficient (Wildman–Crippen LogP) is 2.03. The van der Waals surface area contributed by atoms with Crippen LogP contribution in [0, 0.1) is 0 Å². The minimum Gasteiger partial charge on any atom is -0.378 e. The van der Waals surface area contributed by atoms with Crippen LogP contribution in [-0.4, -0.2) is 19.0 Å². The molecule has 0 rings (SSSR count). The number of allylic oxidation sites excluding steroid dienone is 2. The second-order valence-electron chi connectivity index (χ2n) is 2.61. The standard InChI is InChI=1S/C8H15N/c1-7(2)6-8(3)9(4)5/h6H,3H2,1-2,4-5H3. The molecule has 1 heteroatoms. The molecule has 1 nitrogen and oxygen atoms in total. The van der Waals surface area contributed by atoms with E-state index in [0.717, 1.165) is 5.70 Å². The fourth-order valence-electron chi connectivity index (χ4n) is 0.462. The molecule has 0 aromatic heterocycles. The maximum absolute atomic E-state index is 3.84. The molecule has 0 aromatic carbocycles. The second kappa shape index (κ2) is 3.33. The minimum atomic E-state index is 1.05. The molecule has 0 N–H and O–H groups in total. The van der Waals surface area contributed by atoms with E-state index in [0.29, 0.717) is 0 Å². The van der Waals surface area contributed by atoms with Crippen LogP contribution in [-0.2, 0) is 0 Å². The molecule has 0 radical (unpaired) electrons. The topological polar surface area (TPSA) is 3.24 Å².